The average Bonchev–Trinajstić information content (AvgIpc) is 3.20. The molecule has 4 rings (SSSR count). The number of benzene rings is 2. The van der Waals surface area contributed by atoms with Crippen LogP contribution in [-0.4, -0.2) is 32.3 Å². The van der Waals surface area contributed by atoms with E-state index in [-0.39, 0.29) is 16.6 Å². The average molecular weight is 456 g/mol. The molecule has 0 aliphatic carbocycles. The highest BCUT2D eigenvalue weighted by Crippen LogP contribution is 2.26. The van der Waals surface area contributed by atoms with Gasteiger partial charge in [-0.1, -0.05) is 35.1 Å². The molecule has 156 valence electrons. The molecule has 0 aliphatic rings. The maximum absolute atomic E-state index is 12.4. The highest BCUT2D eigenvalue weighted by Gasteiger charge is 2.22. The van der Waals surface area contributed by atoms with Crippen molar-refractivity contribution >= 4 is 56.2 Å². The second-order valence-corrected chi connectivity index (χ2v) is 7.52. The Kier molecular flexibility index (Phi) is 5.74. The third-order valence-corrected chi connectivity index (χ3v) is 5.27. The van der Waals surface area contributed by atoms with Crippen LogP contribution in [0.25, 0.3) is 21.6 Å². The van der Waals surface area contributed by atoms with Gasteiger partial charge in [-0.15, -0.1) is 5.11 Å². The normalized spacial score (nSPS) is 12.5. The minimum atomic E-state index is -0.871. The number of ether oxygens (including phenoxy) is 1. The van der Waals surface area contributed by atoms with E-state index >= 15 is 0 Å². The summed E-state index contributed by atoms with van der Waals surface area (Å²) in [4.78, 5) is 28.9. The van der Waals surface area contributed by atoms with Crippen LogP contribution in [0, 0.1) is 0 Å². The summed E-state index contributed by atoms with van der Waals surface area (Å²) in [5.74, 6) is -1.41. The molecule has 0 radical (unpaired) electrons. The van der Waals surface area contributed by atoms with Gasteiger partial charge in [0.05, 0.1) is 23.2 Å². The van der Waals surface area contributed by atoms with Gasteiger partial charge < -0.3 is 9.84 Å². The molecule has 2 aromatic heterocycles. The molecule has 0 saturated carbocycles. The smallest absolute Gasteiger partial charge is 0.362 e. The summed E-state index contributed by atoms with van der Waals surface area (Å²) in [5.41, 5.74) is 0.0972. The quantitative estimate of drug-likeness (QED) is 0.204. The minimum absolute atomic E-state index is 0.0290. The van der Waals surface area contributed by atoms with E-state index in [2.05, 4.69) is 20.3 Å². The number of nitrogens with zero attached hydrogens (tertiary/aromatic N) is 5. The molecule has 0 unspecified atom stereocenters. The number of azo groups is 1. The van der Waals surface area contributed by atoms with Gasteiger partial charge in [0.2, 0.25) is 10.7 Å². The summed E-state index contributed by atoms with van der Waals surface area (Å²) in [6, 6.07) is 13.3. The van der Waals surface area contributed by atoms with E-state index < -0.39 is 23.0 Å². The van der Waals surface area contributed by atoms with Crippen molar-refractivity contribution < 1.29 is 14.6 Å². The molecule has 0 spiro atoms. The highest BCUT2D eigenvalue weighted by atomic mass is 35.5. The van der Waals surface area contributed by atoms with Gasteiger partial charge in [0, 0.05) is 5.02 Å². The summed E-state index contributed by atoms with van der Waals surface area (Å²) in [5, 5.41) is 23.9. The van der Waals surface area contributed by atoms with Crippen molar-refractivity contribution in [3.05, 3.63) is 74.6 Å². The number of para-hydroxylation sites is 1. The topological polar surface area (TPSA) is 119 Å². The summed E-state index contributed by atoms with van der Waals surface area (Å²) >= 11 is 6.78. The van der Waals surface area contributed by atoms with Gasteiger partial charge in [0.15, 0.2) is 10.8 Å². The van der Waals surface area contributed by atoms with Gasteiger partial charge in [-0.05, 0) is 43.3 Å². The van der Waals surface area contributed by atoms with E-state index in [1.807, 2.05) is 0 Å². The number of carbonyl (C=O) groups excluding carboxylic acids is 1. The molecule has 0 bridgehead atoms. The SMILES string of the molecule is CCOC(=O)/C(N=Nc1ccc(Cl)cc1)=C(/O)c1nn2c(nc(=O)c3ccccc32)s1. The van der Waals surface area contributed by atoms with Crippen LogP contribution in [0.3, 0.4) is 0 Å². The third-order valence-electron chi connectivity index (χ3n) is 4.11. The largest absolute Gasteiger partial charge is 0.503 e. The predicted octanol–water partition coefficient (Wildman–Crippen LogP) is 4.53. The standard InChI is InChI=1S/C20H14ClN5O4S/c1-2-30-19(29)15(24-23-12-9-7-11(21)8-10-12)16(27)18-25-26-14-6-4-3-5-13(14)17(28)22-20(26)31-18/h3-10,27H,2H2,1H3/b16-15-,24-23?. The molecule has 0 atom stereocenters. The number of esters is 1. The van der Waals surface area contributed by atoms with E-state index in [0.717, 1.165) is 11.3 Å². The van der Waals surface area contributed by atoms with Crippen LogP contribution in [0.4, 0.5) is 5.69 Å². The molecule has 2 heterocycles. The van der Waals surface area contributed by atoms with Crippen molar-refractivity contribution in [2.75, 3.05) is 6.61 Å². The number of hydrogen-bond donors (Lipinski definition) is 1. The van der Waals surface area contributed by atoms with Crippen molar-refractivity contribution in [3.8, 4) is 0 Å². The van der Waals surface area contributed by atoms with Gasteiger partial charge in [-0.2, -0.15) is 15.2 Å². The van der Waals surface area contributed by atoms with Gasteiger partial charge >= 0.3 is 5.97 Å². The van der Waals surface area contributed by atoms with Gasteiger partial charge in [-0.3, -0.25) is 4.79 Å². The van der Waals surface area contributed by atoms with Gasteiger partial charge in [-0.25, -0.2) is 9.31 Å². The van der Waals surface area contributed by atoms with E-state index in [9.17, 15) is 14.7 Å². The number of aliphatic hydroxyl groups is 1. The Morgan fingerprint density at radius 1 is 1.23 bits per heavy atom. The maximum Gasteiger partial charge on any atom is 0.362 e. The first-order chi connectivity index (χ1) is 15.0. The highest BCUT2D eigenvalue weighted by molar-refractivity contribution is 7.17. The van der Waals surface area contributed by atoms with E-state index in [0.29, 0.717) is 21.6 Å². The van der Waals surface area contributed by atoms with E-state index in [1.165, 1.54) is 4.52 Å². The number of hydrogen-bond acceptors (Lipinski definition) is 9. The lowest BCUT2D eigenvalue weighted by atomic mass is 10.2. The van der Waals surface area contributed by atoms with Crippen LogP contribution in [0.2, 0.25) is 5.02 Å². The Morgan fingerprint density at radius 2 is 1.97 bits per heavy atom. The Hall–Kier alpha value is -3.63. The lowest BCUT2D eigenvalue weighted by Crippen LogP contribution is -2.09. The molecular weight excluding hydrogens is 442 g/mol. The van der Waals surface area contributed by atoms with Crippen molar-refractivity contribution in [1.29, 1.82) is 0 Å². The van der Waals surface area contributed by atoms with E-state index in [4.69, 9.17) is 16.3 Å². The van der Waals surface area contributed by atoms with Crippen LogP contribution in [-0.2, 0) is 9.53 Å². The van der Waals surface area contributed by atoms with Gasteiger partial charge in [0.25, 0.3) is 5.56 Å². The van der Waals surface area contributed by atoms with Crippen molar-refractivity contribution in [2.45, 2.75) is 6.92 Å². The molecule has 0 aliphatic heterocycles. The summed E-state index contributed by atoms with van der Waals surface area (Å²) in [7, 11) is 0. The number of fused-ring (bicyclic) bond motifs is 3. The molecule has 2 aromatic carbocycles. The zero-order valence-electron chi connectivity index (χ0n) is 16.0. The molecule has 9 nitrogen and oxygen atoms in total. The predicted molar refractivity (Wildman–Crippen MR) is 117 cm³/mol. The number of rotatable bonds is 5. The fourth-order valence-electron chi connectivity index (χ4n) is 2.69. The molecule has 0 fully saturated rings. The lowest BCUT2D eigenvalue weighted by molar-refractivity contribution is -0.138. The zero-order chi connectivity index (χ0) is 22.0. The summed E-state index contributed by atoms with van der Waals surface area (Å²) in [6.45, 7) is 1.70. The lowest BCUT2D eigenvalue weighted by Gasteiger charge is -2.03. The first kappa shape index (κ1) is 20.6. The first-order valence-corrected chi connectivity index (χ1v) is 10.2. The number of carbonyl (C=O) groups is 1. The van der Waals surface area contributed by atoms with Gasteiger partial charge in [0.1, 0.15) is 0 Å². The fraction of sp³-hybridized carbons (Fsp3) is 0.100. The Balaban J connectivity index is 1.84. The molecule has 11 heteroatoms. The number of aromatic nitrogens is 3. The third kappa shape index (κ3) is 4.16. The van der Waals surface area contributed by atoms with Crippen LogP contribution >= 0.6 is 22.9 Å². The number of aliphatic hydroxyl groups excluding tert-OH is 1. The van der Waals surface area contributed by atoms with Crippen LogP contribution in [0.5, 0.6) is 0 Å². The Labute approximate surface area is 183 Å². The van der Waals surface area contributed by atoms with E-state index in [1.54, 1.807) is 55.5 Å². The molecule has 4 aromatic rings. The molecule has 0 saturated heterocycles. The second kappa shape index (κ2) is 8.62. The Bertz CT molecular complexity index is 1410. The monoisotopic (exact) mass is 455 g/mol. The second-order valence-electron chi connectivity index (χ2n) is 6.13. The molecule has 0 amide bonds. The fourth-order valence-corrected chi connectivity index (χ4v) is 3.66. The van der Waals surface area contributed by atoms with Crippen LogP contribution < -0.4 is 5.56 Å². The van der Waals surface area contributed by atoms with Crippen LogP contribution in [0.15, 0.2) is 69.3 Å². The zero-order valence-corrected chi connectivity index (χ0v) is 17.6. The van der Waals surface area contributed by atoms with Crippen LogP contribution in [0.1, 0.15) is 11.9 Å². The summed E-state index contributed by atoms with van der Waals surface area (Å²) in [6.07, 6.45) is 0. The van der Waals surface area contributed by atoms with Crippen molar-refractivity contribution in [1.82, 2.24) is 14.6 Å². The summed E-state index contributed by atoms with van der Waals surface area (Å²) < 4.78 is 6.41. The minimum Gasteiger partial charge on any atom is -0.503 e. The van der Waals surface area contributed by atoms with Crippen molar-refractivity contribution in [3.63, 3.8) is 0 Å². The van der Waals surface area contributed by atoms with Crippen molar-refractivity contribution in [2.24, 2.45) is 10.2 Å². The molecule has 1 N–H and O–H groups in total. The molecular formula is C20H14ClN5O4S. The molecule has 31 heavy (non-hydrogen) atoms. The number of halogens is 1. The maximum atomic E-state index is 12.4. The first-order valence-electron chi connectivity index (χ1n) is 9.04. The Morgan fingerprint density at radius 3 is 2.71 bits per heavy atom.